The lowest BCUT2D eigenvalue weighted by molar-refractivity contribution is 0.144. The van der Waals surface area contributed by atoms with Gasteiger partial charge in [0.15, 0.2) is 0 Å². The van der Waals surface area contributed by atoms with Crippen LogP contribution in [0.15, 0.2) is 12.7 Å². The molecule has 1 rings (SSSR count). The summed E-state index contributed by atoms with van der Waals surface area (Å²) in [4.78, 5) is 10.5. The Morgan fingerprint density at radius 1 is 1.90 bits per heavy atom. The predicted molar refractivity (Wildman–Crippen MR) is 34.5 cm³/mol. The summed E-state index contributed by atoms with van der Waals surface area (Å²) in [5.41, 5.74) is 0. The first kappa shape index (κ1) is 7.08. The summed E-state index contributed by atoms with van der Waals surface area (Å²) in [7, 11) is 0. The van der Waals surface area contributed by atoms with Gasteiger partial charge in [-0.1, -0.05) is 6.58 Å². The highest BCUT2D eigenvalue weighted by molar-refractivity contribution is 5.70. The van der Waals surface area contributed by atoms with Gasteiger partial charge in [-0.15, -0.1) is 0 Å². The van der Waals surface area contributed by atoms with E-state index < -0.39 is 12.2 Å². The molecular weight excluding hydrogens is 134 g/mol. The third-order valence-corrected chi connectivity index (χ3v) is 1.37. The van der Waals surface area contributed by atoms with Gasteiger partial charge in [-0.3, -0.25) is 0 Å². The van der Waals surface area contributed by atoms with Crippen molar-refractivity contribution >= 4 is 6.09 Å². The summed E-state index contributed by atoms with van der Waals surface area (Å²) in [5.74, 6) is 0. The maximum Gasteiger partial charge on any atom is 0.408 e. The van der Waals surface area contributed by atoms with E-state index in [0.29, 0.717) is 0 Å². The van der Waals surface area contributed by atoms with E-state index in [2.05, 4.69) is 16.6 Å². The molecule has 0 spiro atoms. The van der Waals surface area contributed by atoms with Gasteiger partial charge in [-0.05, 0) is 6.08 Å². The molecule has 0 bridgehead atoms. The second-order valence-electron chi connectivity index (χ2n) is 2.04. The number of carbonyl (C=O) groups is 1. The van der Waals surface area contributed by atoms with Crippen molar-refractivity contribution in [2.75, 3.05) is 6.61 Å². The molecular formula is C6H9NO3. The van der Waals surface area contributed by atoms with Crippen molar-refractivity contribution in [1.82, 2.24) is 5.32 Å². The molecule has 0 saturated carbocycles. The molecule has 0 aliphatic carbocycles. The molecule has 1 heterocycles. The number of ether oxygens (including phenoxy) is 1. The molecule has 0 unspecified atom stereocenters. The number of alkyl carbamates (subject to hydrolysis) is 1. The number of aliphatic hydroxyl groups excluding tert-OH is 1. The molecule has 1 fully saturated rings. The molecule has 0 aromatic rings. The Labute approximate surface area is 58.5 Å². The Bertz CT molecular complexity index is 157. The second-order valence-corrected chi connectivity index (χ2v) is 2.04. The number of rotatable bonds is 2. The Morgan fingerprint density at radius 2 is 2.60 bits per heavy atom. The van der Waals surface area contributed by atoms with Crippen LogP contribution in [-0.4, -0.2) is 30.0 Å². The monoisotopic (exact) mass is 143 g/mol. The Morgan fingerprint density at radius 3 is 3.00 bits per heavy atom. The lowest BCUT2D eigenvalue weighted by Gasteiger charge is -2.07. The van der Waals surface area contributed by atoms with Gasteiger partial charge in [0.25, 0.3) is 0 Å². The van der Waals surface area contributed by atoms with E-state index in [0.717, 1.165) is 0 Å². The van der Waals surface area contributed by atoms with Crippen LogP contribution in [-0.2, 0) is 4.74 Å². The van der Waals surface area contributed by atoms with Crippen molar-refractivity contribution < 1.29 is 14.6 Å². The van der Waals surface area contributed by atoms with E-state index in [1.54, 1.807) is 0 Å². The number of nitrogens with one attached hydrogen (secondary N) is 1. The fourth-order valence-electron chi connectivity index (χ4n) is 0.835. The molecule has 0 radical (unpaired) electrons. The lowest BCUT2D eigenvalue weighted by atomic mass is 10.2. The zero-order chi connectivity index (χ0) is 7.56. The van der Waals surface area contributed by atoms with Gasteiger partial charge >= 0.3 is 6.09 Å². The molecule has 2 N–H and O–H groups in total. The normalized spacial score (nSPS) is 31.1. The summed E-state index contributed by atoms with van der Waals surface area (Å²) in [6.07, 6.45) is 0.597. The summed E-state index contributed by atoms with van der Waals surface area (Å²) in [6, 6.07) is -0.329. The first-order valence-corrected chi connectivity index (χ1v) is 2.98. The summed E-state index contributed by atoms with van der Waals surface area (Å²) in [6.45, 7) is 3.32. The third kappa shape index (κ3) is 1.11. The number of amides is 1. The minimum atomic E-state index is -0.496. The van der Waals surface area contributed by atoms with E-state index in [1.807, 2.05) is 0 Å². The number of hydrogen-bond donors (Lipinski definition) is 2. The van der Waals surface area contributed by atoms with Crippen molar-refractivity contribution in [1.29, 1.82) is 0 Å². The van der Waals surface area contributed by atoms with Crippen LogP contribution in [0.4, 0.5) is 4.79 Å². The van der Waals surface area contributed by atoms with Crippen LogP contribution in [0.25, 0.3) is 0 Å². The zero-order valence-corrected chi connectivity index (χ0v) is 5.41. The molecule has 1 aliphatic rings. The number of aliphatic hydroxyl groups is 1. The highest BCUT2D eigenvalue weighted by atomic mass is 16.6. The minimum absolute atomic E-state index is 0.123. The maximum absolute atomic E-state index is 10.5. The highest BCUT2D eigenvalue weighted by Gasteiger charge is 2.30. The topological polar surface area (TPSA) is 58.6 Å². The molecule has 1 amide bonds. The molecule has 4 heteroatoms. The van der Waals surface area contributed by atoms with Gasteiger partial charge in [0, 0.05) is 0 Å². The first-order valence-electron chi connectivity index (χ1n) is 2.98. The van der Waals surface area contributed by atoms with Crippen LogP contribution in [0.3, 0.4) is 0 Å². The molecule has 10 heavy (non-hydrogen) atoms. The van der Waals surface area contributed by atoms with E-state index >= 15 is 0 Å². The lowest BCUT2D eigenvalue weighted by Crippen LogP contribution is -2.33. The number of carbonyl (C=O) groups excluding carboxylic acids is 1. The summed E-state index contributed by atoms with van der Waals surface area (Å²) >= 11 is 0. The highest BCUT2D eigenvalue weighted by Crippen LogP contribution is 2.08. The fraction of sp³-hybridized carbons (Fsp3) is 0.500. The van der Waals surface area contributed by atoms with Crippen molar-refractivity contribution in [3.8, 4) is 0 Å². The third-order valence-electron chi connectivity index (χ3n) is 1.37. The predicted octanol–water partition coefficient (Wildman–Crippen LogP) is -0.358. The van der Waals surface area contributed by atoms with E-state index in [9.17, 15) is 4.79 Å². The minimum Gasteiger partial charge on any atom is -0.440 e. The Balaban J connectivity index is 2.56. The van der Waals surface area contributed by atoms with Gasteiger partial charge in [0.1, 0.15) is 6.10 Å². The smallest absolute Gasteiger partial charge is 0.408 e. The Hall–Kier alpha value is -1.03. The largest absolute Gasteiger partial charge is 0.440 e. The second kappa shape index (κ2) is 2.70. The van der Waals surface area contributed by atoms with Gasteiger partial charge in [0.2, 0.25) is 0 Å². The van der Waals surface area contributed by atoms with Gasteiger partial charge in [-0.25, -0.2) is 4.79 Å². The Kier molecular flexibility index (Phi) is 1.91. The van der Waals surface area contributed by atoms with Crippen LogP contribution >= 0.6 is 0 Å². The quantitative estimate of drug-likeness (QED) is 0.519. The van der Waals surface area contributed by atoms with Crippen molar-refractivity contribution in [3.05, 3.63) is 12.7 Å². The number of cyclic esters (lactones) is 1. The summed E-state index contributed by atoms with van der Waals surface area (Å²) < 4.78 is 4.69. The van der Waals surface area contributed by atoms with Crippen molar-refractivity contribution in [3.63, 3.8) is 0 Å². The van der Waals surface area contributed by atoms with Crippen molar-refractivity contribution in [2.45, 2.75) is 12.1 Å². The number of hydrogen-bond acceptors (Lipinski definition) is 3. The van der Waals surface area contributed by atoms with Gasteiger partial charge < -0.3 is 15.2 Å². The SMILES string of the molecule is C=C[C@H]1OC(=O)N[C@@H]1CO. The van der Waals surface area contributed by atoms with E-state index in [1.165, 1.54) is 6.08 Å². The van der Waals surface area contributed by atoms with E-state index in [-0.39, 0.29) is 12.6 Å². The fourth-order valence-corrected chi connectivity index (χ4v) is 0.835. The van der Waals surface area contributed by atoms with Gasteiger partial charge in [-0.2, -0.15) is 0 Å². The van der Waals surface area contributed by atoms with Crippen LogP contribution in [0.2, 0.25) is 0 Å². The molecule has 56 valence electrons. The van der Waals surface area contributed by atoms with Crippen LogP contribution in [0, 0.1) is 0 Å². The molecule has 0 aromatic carbocycles. The van der Waals surface area contributed by atoms with Crippen LogP contribution in [0.5, 0.6) is 0 Å². The molecule has 1 aliphatic heterocycles. The molecule has 0 aromatic heterocycles. The average Bonchev–Trinajstić information content (AvgIpc) is 2.30. The zero-order valence-electron chi connectivity index (χ0n) is 5.41. The van der Waals surface area contributed by atoms with Crippen LogP contribution < -0.4 is 5.32 Å². The van der Waals surface area contributed by atoms with Crippen LogP contribution in [0.1, 0.15) is 0 Å². The van der Waals surface area contributed by atoms with Crippen molar-refractivity contribution in [2.24, 2.45) is 0 Å². The van der Waals surface area contributed by atoms with Gasteiger partial charge in [0.05, 0.1) is 12.6 Å². The van der Waals surface area contributed by atoms with E-state index in [4.69, 9.17) is 5.11 Å². The molecule has 1 saturated heterocycles. The maximum atomic E-state index is 10.5. The molecule has 2 atom stereocenters. The average molecular weight is 143 g/mol. The standard InChI is InChI=1S/C6H9NO3/c1-2-5-4(3-8)7-6(9)10-5/h2,4-5,8H,1,3H2,(H,7,9)/t4-,5-/m1/s1. The molecule has 4 nitrogen and oxygen atoms in total. The summed E-state index contributed by atoms with van der Waals surface area (Å²) in [5, 5.41) is 11.1. The first-order chi connectivity index (χ1) is 4.77.